The molecule has 160 valence electrons. The van der Waals surface area contributed by atoms with Gasteiger partial charge in [-0.3, -0.25) is 0 Å². The number of aliphatic imine (C=N–C) groups is 1. The third-order valence-electron chi connectivity index (χ3n) is 5.11. The maximum Gasteiger partial charge on any atom is 0.328 e. The van der Waals surface area contributed by atoms with Crippen LogP contribution in [0.2, 0.25) is 0 Å². The number of hydrogen-bond acceptors (Lipinski definition) is 2. The largest absolute Gasteiger partial charge is 0.480 e. The molecule has 0 aromatic carbocycles. The minimum absolute atomic E-state index is 0.281. The van der Waals surface area contributed by atoms with Gasteiger partial charge < -0.3 is 15.7 Å². The van der Waals surface area contributed by atoms with Gasteiger partial charge in [0.2, 0.25) is 0 Å². The van der Waals surface area contributed by atoms with Gasteiger partial charge in [-0.05, 0) is 6.42 Å². The van der Waals surface area contributed by atoms with E-state index in [4.69, 9.17) is 5.73 Å². The van der Waals surface area contributed by atoms with E-state index in [0.29, 0.717) is 6.42 Å². The molecule has 0 aliphatic rings. The van der Waals surface area contributed by atoms with Crippen molar-refractivity contribution in [1.29, 1.82) is 0 Å². The standard InChI is InChI=1S/C22H45N3O2/c1-4-5-6-7-8-9-10-11-12-13-14-15-16-17-18-19-20(21(26)27)24-22(23)25(2)3/h20H,4-19H2,1-3H3,(H2,23,24)(H,26,27). The van der Waals surface area contributed by atoms with E-state index >= 15 is 0 Å². The van der Waals surface area contributed by atoms with Crippen LogP contribution in [0.4, 0.5) is 0 Å². The Hall–Kier alpha value is -1.26. The summed E-state index contributed by atoms with van der Waals surface area (Å²) in [7, 11) is 3.54. The van der Waals surface area contributed by atoms with Gasteiger partial charge in [-0.25, -0.2) is 9.79 Å². The molecule has 0 amide bonds. The van der Waals surface area contributed by atoms with Crippen molar-refractivity contribution in [3.05, 3.63) is 0 Å². The minimum Gasteiger partial charge on any atom is -0.480 e. The van der Waals surface area contributed by atoms with Gasteiger partial charge in [0.1, 0.15) is 0 Å². The monoisotopic (exact) mass is 383 g/mol. The van der Waals surface area contributed by atoms with Crippen molar-refractivity contribution in [3.63, 3.8) is 0 Å². The zero-order valence-corrected chi connectivity index (χ0v) is 18.2. The Balaban J connectivity index is 3.48. The first-order chi connectivity index (χ1) is 13.0. The summed E-state index contributed by atoms with van der Waals surface area (Å²) in [5.41, 5.74) is 5.72. The van der Waals surface area contributed by atoms with E-state index in [9.17, 15) is 9.90 Å². The van der Waals surface area contributed by atoms with Crippen molar-refractivity contribution in [2.75, 3.05) is 14.1 Å². The van der Waals surface area contributed by atoms with E-state index in [1.165, 1.54) is 83.5 Å². The van der Waals surface area contributed by atoms with Gasteiger partial charge in [-0.1, -0.05) is 103 Å². The normalized spacial score (nSPS) is 12.9. The van der Waals surface area contributed by atoms with Crippen LogP contribution < -0.4 is 5.73 Å². The fourth-order valence-corrected chi connectivity index (χ4v) is 3.23. The van der Waals surface area contributed by atoms with Gasteiger partial charge in [0.05, 0.1) is 0 Å². The first-order valence-corrected chi connectivity index (χ1v) is 11.2. The number of guanidine groups is 1. The number of carboxylic acids is 1. The lowest BCUT2D eigenvalue weighted by molar-refractivity contribution is -0.138. The summed E-state index contributed by atoms with van der Waals surface area (Å²) in [5.74, 6) is -0.603. The third kappa shape index (κ3) is 16.6. The molecule has 0 heterocycles. The van der Waals surface area contributed by atoms with Crippen molar-refractivity contribution >= 4 is 11.9 Å². The average molecular weight is 384 g/mol. The van der Waals surface area contributed by atoms with Crippen LogP contribution in [-0.2, 0) is 4.79 Å². The number of nitrogens with zero attached hydrogens (tertiary/aromatic N) is 2. The molecule has 1 atom stereocenters. The third-order valence-corrected chi connectivity index (χ3v) is 5.11. The number of unbranched alkanes of at least 4 members (excludes halogenated alkanes) is 14. The molecule has 5 nitrogen and oxygen atoms in total. The van der Waals surface area contributed by atoms with E-state index in [1.54, 1.807) is 19.0 Å². The lowest BCUT2D eigenvalue weighted by Gasteiger charge is -2.14. The molecule has 0 rings (SSSR count). The molecule has 0 aliphatic carbocycles. The lowest BCUT2D eigenvalue weighted by atomic mass is 10.0. The summed E-state index contributed by atoms with van der Waals surface area (Å²) in [4.78, 5) is 17.0. The highest BCUT2D eigenvalue weighted by Gasteiger charge is 2.16. The summed E-state index contributed by atoms with van der Waals surface area (Å²) in [6.07, 6.45) is 20.2. The summed E-state index contributed by atoms with van der Waals surface area (Å²) < 4.78 is 0. The van der Waals surface area contributed by atoms with E-state index in [2.05, 4.69) is 11.9 Å². The van der Waals surface area contributed by atoms with E-state index < -0.39 is 12.0 Å². The zero-order chi connectivity index (χ0) is 20.3. The molecule has 0 saturated heterocycles. The summed E-state index contributed by atoms with van der Waals surface area (Å²) >= 11 is 0. The molecule has 0 aromatic heterocycles. The molecule has 3 N–H and O–H groups in total. The van der Waals surface area contributed by atoms with Crippen LogP contribution in [0.3, 0.4) is 0 Å². The molecule has 0 radical (unpaired) electrons. The quantitative estimate of drug-likeness (QED) is 0.184. The maximum absolute atomic E-state index is 11.3. The Morgan fingerprint density at radius 3 is 1.52 bits per heavy atom. The number of hydrogen-bond donors (Lipinski definition) is 2. The van der Waals surface area contributed by atoms with Crippen molar-refractivity contribution in [3.8, 4) is 0 Å². The second-order valence-electron chi connectivity index (χ2n) is 7.97. The molecule has 5 heteroatoms. The van der Waals surface area contributed by atoms with Crippen LogP contribution >= 0.6 is 0 Å². The SMILES string of the molecule is CCCCCCCCCCCCCCCCCC(N=C(N)N(C)C)C(=O)O. The highest BCUT2D eigenvalue weighted by molar-refractivity contribution is 5.82. The highest BCUT2D eigenvalue weighted by atomic mass is 16.4. The lowest BCUT2D eigenvalue weighted by Crippen LogP contribution is -2.33. The van der Waals surface area contributed by atoms with Crippen LogP contribution in [0.5, 0.6) is 0 Å². The fraction of sp³-hybridized carbons (Fsp3) is 0.909. The van der Waals surface area contributed by atoms with Crippen molar-refractivity contribution in [1.82, 2.24) is 4.90 Å². The van der Waals surface area contributed by atoms with Crippen molar-refractivity contribution in [2.24, 2.45) is 10.7 Å². The minimum atomic E-state index is -0.884. The number of nitrogens with two attached hydrogens (primary N) is 1. The van der Waals surface area contributed by atoms with Crippen LogP contribution in [-0.4, -0.2) is 42.1 Å². The molecule has 0 fully saturated rings. The smallest absolute Gasteiger partial charge is 0.328 e. The summed E-state index contributed by atoms with van der Waals surface area (Å²) in [6, 6.07) is -0.714. The molecule has 0 saturated carbocycles. The summed E-state index contributed by atoms with van der Waals surface area (Å²) in [6.45, 7) is 2.27. The molecule has 0 spiro atoms. The van der Waals surface area contributed by atoms with Gasteiger partial charge in [0.15, 0.2) is 12.0 Å². The Morgan fingerprint density at radius 2 is 1.19 bits per heavy atom. The van der Waals surface area contributed by atoms with Crippen LogP contribution in [0, 0.1) is 0 Å². The molecular formula is C22H45N3O2. The van der Waals surface area contributed by atoms with Crippen molar-refractivity contribution < 1.29 is 9.90 Å². The molecule has 0 bridgehead atoms. The average Bonchev–Trinajstić information content (AvgIpc) is 2.63. The van der Waals surface area contributed by atoms with E-state index in [-0.39, 0.29) is 5.96 Å². The van der Waals surface area contributed by atoms with E-state index in [1.807, 2.05) is 0 Å². The predicted octanol–water partition coefficient (Wildman–Crippen LogP) is 5.58. The Kier molecular flexibility index (Phi) is 17.3. The van der Waals surface area contributed by atoms with Gasteiger partial charge >= 0.3 is 5.97 Å². The van der Waals surface area contributed by atoms with Crippen LogP contribution in [0.25, 0.3) is 0 Å². The van der Waals surface area contributed by atoms with Gasteiger partial charge in [-0.2, -0.15) is 0 Å². The van der Waals surface area contributed by atoms with Gasteiger partial charge in [-0.15, -0.1) is 0 Å². The Labute approximate surface area is 167 Å². The zero-order valence-electron chi connectivity index (χ0n) is 18.2. The number of carbonyl (C=O) groups is 1. The van der Waals surface area contributed by atoms with Gasteiger partial charge in [0.25, 0.3) is 0 Å². The van der Waals surface area contributed by atoms with Crippen LogP contribution in [0.1, 0.15) is 110 Å². The van der Waals surface area contributed by atoms with Crippen LogP contribution in [0.15, 0.2) is 4.99 Å². The number of aliphatic carboxylic acids is 1. The maximum atomic E-state index is 11.3. The Bertz CT molecular complexity index is 384. The second-order valence-corrected chi connectivity index (χ2v) is 7.97. The Morgan fingerprint density at radius 1 is 0.815 bits per heavy atom. The molecule has 0 aromatic rings. The molecule has 0 aliphatic heterocycles. The highest BCUT2D eigenvalue weighted by Crippen LogP contribution is 2.14. The first kappa shape index (κ1) is 25.7. The number of carboxylic acid groups (broad SMARTS) is 1. The summed E-state index contributed by atoms with van der Waals surface area (Å²) in [5, 5.41) is 9.24. The number of rotatable bonds is 18. The van der Waals surface area contributed by atoms with E-state index in [0.717, 1.165) is 12.8 Å². The first-order valence-electron chi connectivity index (χ1n) is 11.2. The topological polar surface area (TPSA) is 78.9 Å². The van der Waals surface area contributed by atoms with Crippen molar-refractivity contribution in [2.45, 2.75) is 116 Å². The van der Waals surface area contributed by atoms with Gasteiger partial charge in [0, 0.05) is 14.1 Å². The fourth-order valence-electron chi connectivity index (χ4n) is 3.23. The second kappa shape index (κ2) is 18.1. The predicted molar refractivity (Wildman–Crippen MR) is 116 cm³/mol. The molecular weight excluding hydrogens is 338 g/mol. The molecule has 27 heavy (non-hydrogen) atoms. The molecule has 1 unspecified atom stereocenters.